The van der Waals surface area contributed by atoms with Crippen LogP contribution in [0.25, 0.3) is 0 Å². The monoisotopic (exact) mass is 410 g/mol. The van der Waals surface area contributed by atoms with Gasteiger partial charge in [-0.15, -0.1) is 0 Å². The predicted molar refractivity (Wildman–Crippen MR) is 117 cm³/mol. The Kier molecular flexibility index (Phi) is 7.85. The second-order valence-corrected chi connectivity index (χ2v) is 7.55. The van der Waals surface area contributed by atoms with Crippen molar-refractivity contribution in [3.8, 4) is 5.75 Å². The topological polar surface area (TPSA) is 67.9 Å². The van der Waals surface area contributed by atoms with Gasteiger partial charge in [-0.1, -0.05) is 25.1 Å². The number of nitrogens with zero attached hydrogens (tertiary/aromatic N) is 1. The highest BCUT2D eigenvalue weighted by Crippen LogP contribution is 2.23. The van der Waals surface area contributed by atoms with E-state index in [1.54, 1.807) is 36.4 Å². The minimum Gasteiger partial charge on any atom is -0.491 e. The summed E-state index contributed by atoms with van der Waals surface area (Å²) in [4.78, 5) is 27.7. The molecule has 6 heteroatoms. The second-order valence-electron chi connectivity index (χ2n) is 7.55. The molecular formula is C24H30N2O4. The van der Waals surface area contributed by atoms with Crippen LogP contribution in [0, 0.1) is 5.92 Å². The molecule has 0 saturated carbocycles. The number of likely N-dealkylation sites (tertiary alicyclic amines) is 1. The lowest BCUT2D eigenvalue weighted by Crippen LogP contribution is -2.38. The van der Waals surface area contributed by atoms with Gasteiger partial charge in [0.1, 0.15) is 12.4 Å². The Balaban J connectivity index is 1.68. The molecular weight excluding hydrogens is 380 g/mol. The van der Waals surface area contributed by atoms with E-state index in [1.165, 1.54) is 0 Å². The SMILES string of the molecule is CCOCCOc1cccc(C(=O)Nc2ccccc2C(=O)N2CCC(C)CC2)c1. The third-order valence-electron chi connectivity index (χ3n) is 5.27. The lowest BCUT2D eigenvalue weighted by Gasteiger charge is -2.30. The van der Waals surface area contributed by atoms with E-state index in [-0.39, 0.29) is 11.8 Å². The van der Waals surface area contributed by atoms with Crippen molar-refractivity contribution in [2.24, 2.45) is 5.92 Å². The van der Waals surface area contributed by atoms with E-state index in [9.17, 15) is 9.59 Å². The van der Waals surface area contributed by atoms with Gasteiger partial charge in [-0.25, -0.2) is 0 Å². The smallest absolute Gasteiger partial charge is 0.255 e. The maximum absolute atomic E-state index is 13.0. The van der Waals surface area contributed by atoms with Crippen LogP contribution in [0.5, 0.6) is 5.75 Å². The Morgan fingerprint density at radius 2 is 1.83 bits per heavy atom. The summed E-state index contributed by atoms with van der Waals surface area (Å²) in [6.07, 6.45) is 2.02. The van der Waals surface area contributed by atoms with Crippen LogP contribution < -0.4 is 10.1 Å². The number of anilines is 1. The number of carbonyl (C=O) groups is 2. The highest BCUT2D eigenvalue weighted by molar-refractivity contribution is 6.09. The Labute approximate surface area is 178 Å². The number of carbonyl (C=O) groups excluding carboxylic acids is 2. The van der Waals surface area contributed by atoms with Gasteiger partial charge in [-0.3, -0.25) is 9.59 Å². The standard InChI is InChI=1S/C24H30N2O4/c1-3-29-15-16-30-20-8-6-7-19(17-20)23(27)25-22-10-5-4-9-21(22)24(28)26-13-11-18(2)12-14-26/h4-10,17-18H,3,11-16H2,1-2H3,(H,25,27). The molecule has 2 aromatic rings. The first-order chi connectivity index (χ1) is 14.6. The Hall–Kier alpha value is -2.86. The quantitative estimate of drug-likeness (QED) is 0.662. The van der Waals surface area contributed by atoms with E-state index in [2.05, 4.69) is 12.2 Å². The molecule has 1 saturated heterocycles. The molecule has 0 aliphatic carbocycles. The molecule has 3 rings (SSSR count). The van der Waals surface area contributed by atoms with E-state index in [0.29, 0.717) is 48.3 Å². The summed E-state index contributed by atoms with van der Waals surface area (Å²) in [6.45, 7) is 7.21. The van der Waals surface area contributed by atoms with Crippen LogP contribution in [-0.2, 0) is 4.74 Å². The molecule has 0 unspecified atom stereocenters. The molecule has 1 fully saturated rings. The second kappa shape index (κ2) is 10.8. The zero-order valence-electron chi connectivity index (χ0n) is 17.7. The van der Waals surface area contributed by atoms with Crippen molar-refractivity contribution in [1.29, 1.82) is 0 Å². The normalized spacial score (nSPS) is 14.4. The average molecular weight is 411 g/mol. The number of piperidine rings is 1. The number of benzene rings is 2. The molecule has 0 atom stereocenters. The number of hydrogen-bond acceptors (Lipinski definition) is 4. The fraction of sp³-hybridized carbons (Fsp3) is 0.417. The van der Waals surface area contributed by atoms with Crippen molar-refractivity contribution in [1.82, 2.24) is 4.90 Å². The van der Waals surface area contributed by atoms with Gasteiger partial charge in [0.25, 0.3) is 11.8 Å². The fourth-order valence-electron chi connectivity index (χ4n) is 3.45. The largest absolute Gasteiger partial charge is 0.491 e. The highest BCUT2D eigenvalue weighted by atomic mass is 16.5. The molecule has 30 heavy (non-hydrogen) atoms. The Morgan fingerprint density at radius 3 is 2.60 bits per heavy atom. The molecule has 2 amide bonds. The molecule has 0 bridgehead atoms. The molecule has 1 aliphatic heterocycles. The van der Waals surface area contributed by atoms with Crippen molar-refractivity contribution in [2.45, 2.75) is 26.7 Å². The maximum Gasteiger partial charge on any atom is 0.255 e. The van der Waals surface area contributed by atoms with Crippen LogP contribution in [0.1, 0.15) is 47.4 Å². The van der Waals surface area contributed by atoms with Crippen LogP contribution >= 0.6 is 0 Å². The third kappa shape index (κ3) is 5.83. The molecule has 0 spiro atoms. The summed E-state index contributed by atoms with van der Waals surface area (Å²) >= 11 is 0. The highest BCUT2D eigenvalue weighted by Gasteiger charge is 2.23. The van der Waals surface area contributed by atoms with Gasteiger partial charge in [0.05, 0.1) is 17.9 Å². The van der Waals surface area contributed by atoms with E-state index < -0.39 is 0 Å². The van der Waals surface area contributed by atoms with Crippen molar-refractivity contribution >= 4 is 17.5 Å². The summed E-state index contributed by atoms with van der Waals surface area (Å²) < 4.78 is 10.9. The summed E-state index contributed by atoms with van der Waals surface area (Å²) in [5, 5.41) is 2.89. The molecule has 1 heterocycles. The van der Waals surface area contributed by atoms with Gasteiger partial charge in [-0.05, 0) is 56.0 Å². The molecule has 2 aromatic carbocycles. The average Bonchev–Trinajstić information content (AvgIpc) is 2.77. The summed E-state index contributed by atoms with van der Waals surface area (Å²) in [5.41, 5.74) is 1.51. The molecule has 0 radical (unpaired) electrons. The first kappa shape index (κ1) is 21.8. The van der Waals surface area contributed by atoms with E-state index in [1.807, 2.05) is 24.0 Å². The van der Waals surface area contributed by atoms with E-state index >= 15 is 0 Å². The number of rotatable bonds is 8. The number of para-hydroxylation sites is 1. The van der Waals surface area contributed by atoms with Gasteiger partial charge in [0.2, 0.25) is 0 Å². The lowest BCUT2D eigenvalue weighted by atomic mass is 9.98. The van der Waals surface area contributed by atoms with Crippen LogP contribution in [0.4, 0.5) is 5.69 Å². The third-order valence-corrected chi connectivity index (χ3v) is 5.27. The van der Waals surface area contributed by atoms with Crippen LogP contribution in [0.15, 0.2) is 48.5 Å². The van der Waals surface area contributed by atoms with Crippen LogP contribution in [0.2, 0.25) is 0 Å². The zero-order chi connectivity index (χ0) is 21.3. The van der Waals surface area contributed by atoms with Crippen LogP contribution in [0.3, 0.4) is 0 Å². The first-order valence-corrected chi connectivity index (χ1v) is 10.6. The summed E-state index contributed by atoms with van der Waals surface area (Å²) in [5.74, 6) is 0.935. The molecule has 1 N–H and O–H groups in total. The minimum absolute atomic E-state index is 0.0363. The van der Waals surface area contributed by atoms with E-state index in [4.69, 9.17) is 9.47 Å². The van der Waals surface area contributed by atoms with Gasteiger partial charge < -0.3 is 19.7 Å². The van der Waals surface area contributed by atoms with Gasteiger partial charge in [0, 0.05) is 25.3 Å². The number of ether oxygens (including phenoxy) is 2. The van der Waals surface area contributed by atoms with Gasteiger partial charge in [-0.2, -0.15) is 0 Å². The minimum atomic E-state index is -0.280. The number of amides is 2. The summed E-state index contributed by atoms with van der Waals surface area (Å²) in [7, 11) is 0. The van der Waals surface area contributed by atoms with Crippen molar-refractivity contribution in [3.63, 3.8) is 0 Å². The molecule has 6 nitrogen and oxygen atoms in total. The van der Waals surface area contributed by atoms with Crippen molar-refractivity contribution < 1.29 is 19.1 Å². The van der Waals surface area contributed by atoms with Crippen molar-refractivity contribution in [3.05, 3.63) is 59.7 Å². The predicted octanol–water partition coefficient (Wildman–Crippen LogP) is 4.23. The first-order valence-electron chi connectivity index (χ1n) is 10.6. The molecule has 1 aliphatic rings. The van der Waals surface area contributed by atoms with E-state index in [0.717, 1.165) is 25.9 Å². The Bertz CT molecular complexity index is 860. The summed E-state index contributed by atoms with van der Waals surface area (Å²) in [6, 6.07) is 14.2. The lowest BCUT2D eigenvalue weighted by molar-refractivity contribution is 0.0698. The maximum atomic E-state index is 13.0. The Morgan fingerprint density at radius 1 is 1.07 bits per heavy atom. The number of nitrogens with one attached hydrogen (secondary N) is 1. The molecule has 160 valence electrons. The fourth-order valence-corrected chi connectivity index (χ4v) is 3.45. The number of hydrogen-bond donors (Lipinski definition) is 1. The zero-order valence-corrected chi connectivity index (χ0v) is 17.7. The van der Waals surface area contributed by atoms with Gasteiger partial charge in [0.15, 0.2) is 0 Å². The van der Waals surface area contributed by atoms with Crippen LogP contribution in [-0.4, -0.2) is 49.6 Å². The van der Waals surface area contributed by atoms with Crippen molar-refractivity contribution in [2.75, 3.05) is 38.2 Å². The van der Waals surface area contributed by atoms with Gasteiger partial charge >= 0.3 is 0 Å². The molecule has 0 aromatic heterocycles.